The molecular formula is C19H20N2O3S. The van der Waals surface area contributed by atoms with E-state index in [0.29, 0.717) is 10.4 Å². The second kappa shape index (κ2) is 7.21. The smallest absolute Gasteiger partial charge is 0.264 e. The second-order valence-electron chi connectivity index (χ2n) is 6.10. The number of nitrogens with zero attached hydrogens (tertiary/aromatic N) is 1. The number of hydrogen-bond acceptors (Lipinski definition) is 4. The number of carbonyl (C=O) groups excluding carboxylic acids is 1. The van der Waals surface area contributed by atoms with Crippen molar-refractivity contribution < 1.29 is 9.90 Å². The van der Waals surface area contributed by atoms with Gasteiger partial charge in [0, 0.05) is 12.1 Å². The highest BCUT2D eigenvalue weighted by Crippen LogP contribution is 2.19. The monoisotopic (exact) mass is 356 g/mol. The quantitative estimate of drug-likeness (QED) is 0.738. The van der Waals surface area contributed by atoms with E-state index in [1.165, 1.54) is 16.2 Å². The summed E-state index contributed by atoms with van der Waals surface area (Å²) in [6.45, 7) is 4.16. The first kappa shape index (κ1) is 17.4. The minimum Gasteiger partial charge on any atom is -0.395 e. The molecule has 0 fully saturated rings. The van der Waals surface area contributed by atoms with Gasteiger partial charge in [-0.05, 0) is 48.4 Å². The summed E-state index contributed by atoms with van der Waals surface area (Å²) in [4.78, 5) is 30.1. The van der Waals surface area contributed by atoms with Crippen molar-refractivity contribution in [3.63, 3.8) is 0 Å². The van der Waals surface area contributed by atoms with Gasteiger partial charge in [-0.3, -0.25) is 9.59 Å². The first-order valence-electron chi connectivity index (χ1n) is 8.06. The molecule has 3 aromatic rings. The van der Waals surface area contributed by atoms with Crippen LogP contribution in [0.25, 0.3) is 10.9 Å². The van der Waals surface area contributed by atoms with Crippen LogP contribution in [0.1, 0.15) is 26.4 Å². The Kier molecular flexibility index (Phi) is 5.01. The molecule has 3 rings (SSSR count). The molecular weight excluding hydrogens is 336 g/mol. The number of nitrogens with one attached hydrogen (secondary N) is 1. The SMILES string of the molecule is Cc1cc(C)c2[nH]c(=O)c(CN(CCO)C(=O)c3cccs3)cc2c1. The van der Waals surface area contributed by atoms with Crippen molar-refractivity contribution in [3.8, 4) is 0 Å². The lowest BCUT2D eigenvalue weighted by Gasteiger charge is -2.21. The molecule has 0 radical (unpaired) electrons. The molecule has 25 heavy (non-hydrogen) atoms. The molecule has 2 heterocycles. The summed E-state index contributed by atoms with van der Waals surface area (Å²) >= 11 is 1.35. The van der Waals surface area contributed by atoms with Crippen molar-refractivity contribution in [1.82, 2.24) is 9.88 Å². The number of aryl methyl sites for hydroxylation is 2. The van der Waals surface area contributed by atoms with Gasteiger partial charge in [0.1, 0.15) is 0 Å². The number of benzene rings is 1. The van der Waals surface area contributed by atoms with E-state index in [-0.39, 0.29) is 31.2 Å². The number of thiophene rings is 1. The number of aromatic nitrogens is 1. The Morgan fingerprint density at radius 2 is 2.08 bits per heavy atom. The number of carbonyl (C=O) groups is 1. The molecule has 5 nitrogen and oxygen atoms in total. The van der Waals surface area contributed by atoms with Crippen molar-refractivity contribution in [3.05, 3.63) is 67.6 Å². The van der Waals surface area contributed by atoms with Crippen LogP contribution in [0.4, 0.5) is 0 Å². The molecule has 0 bridgehead atoms. The molecule has 0 aliphatic rings. The highest BCUT2D eigenvalue weighted by atomic mass is 32.1. The topological polar surface area (TPSA) is 73.4 Å². The van der Waals surface area contributed by atoms with Gasteiger partial charge in [0.05, 0.1) is 23.5 Å². The van der Waals surface area contributed by atoms with Gasteiger partial charge in [-0.25, -0.2) is 0 Å². The Morgan fingerprint density at radius 1 is 1.28 bits per heavy atom. The number of aliphatic hydroxyl groups is 1. The molecule has 1 aromatic carbocycles. The van der Waals surface area contributed by atoms with Crippen molar-refractivity contribution in [2.45, 2.75) is 20.4 Å². The molecule has 0 atom stereocenters. The molecule has 0 aliphatic carbocycles. The molecule has 0 saturated heterocycles. The maximum absolute atomic E-state index is 12.6. The normalized spacial score (nSPS) is 11.0. The summed E-state index contributed by atoms with van der Waals surface area (Å²) in [6, 6.07) is 9.42. The van der Waals surface area contributed by atoms with Crippen molar-refractivity contribution in [2.24, 2.45) is 0 Å². The molecule has 0 saturated carbocycles. The summed E-state index contributed by atoms with van der Waals surface area (Å²) in [5, 5.41) is 12.1. The maximum Gasteiger partial charge on any atom is 0.264 e. The largest absolute Gasteiger partial charge is 0.395 e. The van der Waals surface area contributed by atoms with Gasteiger partial charge in [-0.15, -0.1) is 11.3 Å². The number of H-pyrrole nitrogens is 1. The number of pyridine rings is 1. The van der Waals surface area contributed by atoms with Gasteiger partial charge < -0.3 is 15.0 Å². The summed E-state index contributed by atoms with van der Waals surface area (Å²) in [5.74, 6) is -0.177. The Balaban J connectivity index is 1.98. The fourth-order valence-corrected chi connectivity index (χ4v) is 3.68. The Morgan fingerprint density at radius 3 is 2.76 bits per heavy atom. The third-order valence-electron chi connectivity index (χ3n) is 4.12. The number of rotatable bonds is 5. The first-order chi connectivity index (χ1) is 12.0. The Bertz CT molecular complexity index is 961. The number of aromatic amines is 1. The number of fused-ring (bicyclic) bond motifs is 1. The fraction of sp³-hybridized carbons (Fsp3) is 0.263. The molecule has 130 valence electrons. The van der Waals surface area contributed by atoms with Crippen LogP contribution in [-0.4, -0.2) is 34.0 Å². The highest BCUT2D eigenvalue weighted by Gasteiger charge is 2.18. The average molecular weight is 356 g/mol. The van der Waals surface area contributed by atoms with Gasteiger partial charge in [-0.2, -0.15) is 0 Å². The van der Waals surface area contributed by atoms with Gasteiger partial charge in [0.25, 0.3) is 11.5 Å². The maximum atomic E-state index is 12.6. The van der Waals surface area contributed by atoms with E-state index in [2.05, 4.69) is 4.98 Å². The lowest BCUT2D eigenvalue weighted by atomic mass is 10.1. The minimum atomic E-state index is -0.207. The predicted octanol–water partition coefficient (Wildman–Crippen LogP) is 2.84. The van der Waals surface area contributed by atoms with E-state index in [4.69, 9.17) is 0 Å². The third-order valence-corrected chi connectivity index (χ3v) is 4.98. The van der Waals surface area contributed by atoms with Crippen molar-refractivity contribution in [2.75, 3.05) is 13.2 Å². The van der Waals surface area contributed by atoms with E-state index >= 15 is 0 Å². The van der Waals surface area contributed by atoms with Gasteiger partial charge in [0.15, 0.2) is 0 Å². The van der Waals surface area contributed by atoms with Crippen LogP contribution < -0.4 is 5.56 Å². The minimum absolute atomic E-state index is 0.152. The lowest BCUT2D eigenvalue weighted by Crippen LogP contribution is -2.34. The number of aliphatic hydroxyl groups excluding tert-OH is 1. The highest BCUT2D eigenvalue weighted by molar-refractivity contribution is 7.12. The van der Waals surface area contributed by atoms with E-state index < -0.39 is 0 Å². The summed E-state index contributed by atoms with van der Waals surface area (Å²) in [6.07, 6.45) is 0. The van der Waals surface area contributed by atoms with Crippen LogP contribution in [0.5, 0.6) is 0 Å². The van der Waals surface area contributed by atoms with E-state index in [9.17, 15) is 14.7 Å². The summed E-state index contributed by atoms with van der Waals surface area (Å²) < 4.78 is 0. The fourth-order valence-electron chi connectivity index (χ4n) is 2.98. The van der Waals surface area contributed by atoms with Crippen LogP contribution in [0.2, 0.25) is 0 Å². The van der Waals surface area contributed by atoms with E-state index in [1.54, 1.807) is 6.07 Å². The lowest BCUT2D eigenvalue weighted by molar-refractivity contribution is 0.0712. The van der Waals surface area contributed by atoms with Gasteiger partial charge >= 0.3 is 0 Å². The van der Waals surface area contributed by atoms with Crippen LogP contribution >= 0.6 is 11.3 Å². The standard InChI is InChI=1S/C19H20N2O3S/c1-12-8-13(2)17-14(9-12)10-15(18(23)20-17)11-21(5-6-22)19(24)16-4-3-7-25-16/h3-4,7-10,22H,5-6,11H2,1-2H3,(H,20,23). The van der Waals surface area contributed by atoms with Crippen molar-refractivity contribution in [1.29, 1.82) is 0 Å². The van der Waals surface area contributed by atoms with Crippen LogP contribution in [0, 0.1) is 13.8 Å². The average Bonchev–Trinajstić information content (AvgIpc) is 3.09. The zero-order valence-corrected chi connectivity index (χ0v) is 15.0. The second-order valence-corrected chi connectivity index (χ2v) is 7.05. The molecule has 6 heteroatoms. The van der Waals surface area contributed by atoms with Crippen LogP contribution in [0.15, 0.2) is 40.5 Å². The van der Waals surface area contributed by atoms with E-state index in [0.717, 1.165) is 22.0 Å². The Labute approximate surface area is 149 Å². The zero-order chi connectivity index (χ0) is 18.0. The molecule has 0 spiro atoms. The Hall–Kier alpha value is -2.44. The summed E-state index contributed by atoms with van der Waals surface area (Å²) in [5.41, 5.74) is 3.25. The van der Waals surface area contributed by atoms with Crippen LogP contribution in [-0.2, 0) is 6.54 Å². The summed E-state index contributed by atoms with van der Waals surface area (Å²) in [7, 11) is 0. The van der Waals surface area contributed by atoms with Crippen molar-refractivity contribution >= 4 is 28.1 Å². The molecule has 0 aliphatic heterocycles. The van der Waals surface area contributed by atoms with Gasteiger partial charge in [0.2, 0.25) is 0 Å². The van der Waals surface area contributed by atoms with Gasteiger partial charge in [-0.1, -0.05) is 17.7 Å². The number of amides is 1. The first-order valence-corrected chi connectivity index (χ1v) is 8.94. The zero-order valence-electron chi connectivity index (χ0n) is 14.2. The number of hydrogen-bond donors (Lipinski definition) is 2. The molecule has 1 amide bonds. The molecule has 0 unspecified atom stereocenters. The third kappa shape index (κ3) is 3.65. The predicted molar refractivity (Wildman–Crippen MR) is 100 cm³/mol. The van der Waals surface area contributed by atoms with Crippen LogP contribution in [0.3, 0.4) is 0 Å². The van der Waals surface area contributed by atoms with E-state index in [1.807, 2.05) is 43.5 Å². The molecule has 2 aromatic heterocycles. The molecule has 2 N–H and O–H groups in total.